The first-order chi connectivity index (χ1) is 6.15. The molecular formula is C8H9ClIN3. The molecule has 3 nitrogen and oxygen atoms in total. The van der Waals surface area contributed by atoms with E-state index in [1.807, 2.05) is 22.5 Å². The van der Waals surface area contributed by atoms with Crippen molar-refractivity contribution < 1.29 is 0 Å². The quantitative estimate of drug-likeness (QED) is 0.743. The number of rotatable bonds is 1. The Morgan fingerprint density at radius 1 is 1.62 bits per heavy atom. The maximum atomic E-state index is 6.14. The van der Waals surface area contributed by atoms with Crippen LogP contribution in [0.5, 0.6) is 0 Å². The van der Waals surface area contributed by atoms with Gasteiger partial charge in [-0.15, -0.1) is 0 Å². The number of fused-ring (bicyclic) bond motifs is 1. The SMILES string of the molecule is CCn1c(Cl)c(I)c2cn(C)nc21. The van der Waals surface area contributed by atoms with E-state index in [4.69, 9.17) is 11.6 Å². The molecule has 0 saturated carbocycles. The molecular weight excluding hydrogens is 300 g/mol. The van der Waals surface area contributed by atoms with E-state index < -0.39 is 0 Å². The van der Waals surface area contributed by atoms with E-state index in [-0.39, 0.29) is 0 Å². The standard InChI is InChI=1S/C8H9ClIN3/c1-3-13-7(9)6(10)5-4-12(2)11-8(5)13/h4H,3H2,1-2H3. The Morgan fingerprint density at radius 2 is 2.31 bits per heavy atom. The Hall–Kier alpha value is -0.230. The first kappa shape index (κ1) is 9.33. The van der Waals surface area contributed by atoms with Crippen molar-refractivity contribution in [3.05, 3.63) is 14.9 Å². The van der Waals surface area contributed by atoms with Crippen LogP contribution >= 0.6 is 34.2 Å². The molecule has 2 heterocycles. The number of nitrogens with zero attached hydrogens (tertiary/aromatic N) is 3. The number of aromatic nitrogens is 3. The molecule has 0 atom stereocenters. The normalized spacial score (nSPS) is 11.4. The molecule has 2 rings (SSSR count). The highest BCUT2D eigenvalue weighted by atomic mass is 127. The van der Waals surface area contributed by atoms with Gasteiger partial charge >= 0.3 is 0 Å². The van der Waals surface area contributed by atoms with Crippen LogP contribution in [-0.4, -0.2) is 14.3 Å². The average molecular weight is 310 g/mol. The average Bonchev–Trinajstić information content (AvgIpc) is 2.54. The van der Waals surface area contributed by atoms with Crippen LogP contribution in [0.1, 0.15) is 6.92 Å². The van der Waals surface area contributed by atoms with Crippen molar-refractivity contribution in [2.75, 3.05) is 0 Å². The summed E-state index contributed by atoms with van der Waals surface area (Å²) in [4.78, 5) is 0. The first-order valence-corrected chi connectivity index (χ1v) is 5.47. The zero-order valence-corrected chi connectivity index (χ0v) is 10.3. The minimum atomic E-state index is 0.793. The van der Waals surface area contributed by atoms with Crippen molar-refractivity contribution in [2.24, 2.45) is 7.05 Å². The molecule has 0 radical (unpaired) electrons. The van der Waals surface area contributed by atoms with Gasteiger partial charge in [-0.1, -0.05) is 11.6 Å². The summed E-state index contributed by atoms with van der Waals surface area (Å²) in [5.74, 6) is 0. The lowest BCUT2D eigenvalue weighted by Gasteiger charge is -1.99. The second-order valence-electron chi connectivity index (χ2n) is 2.89. The fraction of sp³-hybridized carbons (Fsp3) is 0.375. The van der Waals surface area contributed by atoms with Crippen molar-refractivity contribution >= 4 is 45.2 Å². The summed E-state index contributed by atoms with van der Waals surface area (Å²) in [5, 5.41) is 6.28. The topological polar surface area (TPSA) is 22.8 Å². The largest absolute Gasteiger partial charge is 0.314 e. The monoisotopic (exact) mass is 309 g/mol. The molecule has 0 bridgehead atoms. The molecule has 2 aromatic rings. The second kappa shape index (κ2) is 3.16. The highest BCUT2D eigenvalue weighted by molar-refractivity contribution is 14.1. The van der Waals surface area contributed by atoms with Crippen LogP contribution in [0.25, 0.3) is 11.0 Å². The molecule has 0 unspecified atom stereocenters. The van der Waals surface area contributed by atoms with Gasteiger partial charge in [-0.2, -0.15) is 5.10 Å². The highest BCUT2D eigenvalue weighted by Crippen LogP contribution is 2.30. The van der Waals surface area contributed by atoms with Crippen molar-refractivity contribution in [1.29, 1.82) is 0 Å². The summed E-state index contributed by atoms with van der Waals surface area (Å²) in [6.07, 6.45) is 2.00. The predicted octanol–water partition coefficient (Wildman–Crippen LogP) is 2.65. The van der Waals surface area contributed by atoms with Crippen LogP contribution in [0.3, 0.4) is 0 Å². The molecule has 0 saturated heterocycles. The number of hydrogen-bond donors (Lipinski definition) is 0. The Bertz CT molecular complexity index is 457. The lowest BCUT2D eigenvalue weighted by Crippen LogP contribution is -1.96. The van der Waals surface area contributed by atoms with Crippen LogP contribution in [0, 0.1) is 3.57 Å². The first-order valence-electron chi connectivity index (χ1n) is 4.02. The lowest BCUT2D eigenvalue weighted by molar-refractivity contribution is 0.733. The van der Waals surface area contributed by atoms with E-state index in [2.05, 4.69) is 34.6 Å². The molecule has 0 N–H and O–H groups in total. The van der Waals surface area contributed by atoms with E-state index in [0.717, 1.165) is 26.3 Å². The van der Waals surface area contributed by atoms with Crippen LogP contribution in [0.2, 0.25) is 5.15 Å². The van der Waals surface area contributed by atoms with Crippen molar-refractivity contribution in [3.63, 3.8) is 0 Å². The lowest BCUT2D eigenvalue weighted by atomic mass is 10.4. The fourth-order valence-electron chi connectivity index (χ4n) is 1.44. The zero-order chi connectivity index (χ0) is 9.59. The fourth-order valence-corrected chi connectivity index (χ4v) is 2.42. The van der Waals surface area contributed by atoms with Crippen molar-refractivity contribution in [1.82, 2.24) is 14.3 Å². The summed E-state index contributed by atoms with van der Waals surface area (Å²) in [6.45, 7) is 2.92. The molecule has 0 aliphatic rings. The predicted molar refractivity (Wildman–Crippen MR) is 62.1 cm³/mol. The van der Waals surface area contributed by atoms with Gasteiger partial charge in [0.1, 0.15) is 5.15 Å². The van der Waals surface area contributed by atoms with Gasteiger partial charge in [0.2, 0.25) is 0 Å². The van der Waals surface area contributed by atoms with Gasteiger partial charge in [0.15, 0.2) is 5.65 Å². The van der Waals surface area contributed by atoms with Crippen LogP contribution in [0.4, 0.5) is 0 Å². The van der Waals surface area contributed by atoms with E-state index in [1.54, 1.807) is 0 Å². The molecule has 0 amide bonds. The van der Waals surface area contributed by atoms with Gasteiger partial charge in [0.05, 0.1) is 8.96 Å². The van der Waals surface area contributed by atoms with Gasteiger partial charge in [-0.25, -0.2) is 0 Å². The van der Waals surface area contributed by atoms with Crippen molar-refractivity contribution in [2.45, 2.75) is 13.5 Å². The maximum Gasteiger partial charge on any atom is 0.164 e. The number of aryl methyl sites for hydroxylation is 2. The van der Waals surface area contributed by atoms with Crippen LogP contribution in [0.15, 0.2) is 6.20 Å². The number of halogens is 2. The number of hydrogen-bond acceptors (Lipinski definition) is 1. The summed E-state index contributed by atoms with van der Waals surface area (Å²) >= 11 is 8.39. The van der Waals surface area contributed by atoms with Crippen LogP contribution < -0.4 is 0 Å². The third kappa shape index (κ3) is 1.27. The third-order valence-corrected chi connectivity index (χ3v) is 3.84. The highest BCUT2D eigenvalue weighted by Gasteiger charge is 2.14. The molecule has 0 fully saturated rings. The Labute approximate surface area is 94.8 Å². The molecule has 0 spiro atoms. The molecule has 2 aromatic heterocycles. The Morgan fingerprint density at radius 3 is 2.92 bits per heavy atom. The minimum Gasteiger partial charge on any atom is -0.314 e. The van der Waals surface area contributed by atoms with E-state index in [9.17, 15) is 0 Å². The smallest absolute Gasteiger partial charge is 0.164 e. The van der Waals surface area contributed by atoms with Gasteiger partial charge < -0.3 is 4.57 Å². The molecule has 5 heteroatoms. The van der Waals surface area contributed by atoms with E-state index in [0.29, 0.717) is 0 Å². The molecule has 0 aliphatic carbocycles. The van der Waals surface area contributed by atoms with Crippen molar-refractivity contribution in [3.8, 4) is 0 Å². The summed E-state index contributed by atoms with van der Waals surface area (Å²) in [5.41, 5.74) is 0.972. The Balaban J connectivity index is 2.86. The molecule has 0 aromatic carbocycles. The van der Waals surface area contributed by atoms with Gasteiger partial charge in [0, 0.05) is 19.8 Å². The van der Waals surface area contributed by atoms with Gasteiger partial charge in [-0.3, -0.25) is 4.68 Å². The van der Waals surface area contributed by atoms with Gasteiger partial charge in [0.25, 0.3) is 0 Å². The maximum absolute atomic E-state index is 6.14. The molecule has 70 valence electrons. The minimum absolute atomic E-state index is 0.793. The van der Waals surface area contributed by atoms with Gasteiger partial charge in [-0.05, 0) is 29.5 Å². The Kier molecular flexibility index (Phi) is 2.27. The summed E-state index contributed by atoms with van der Waals surface area (Å²) < 4.78 is 4.91. The molecule has 0 aliphatic heterocycles. The zero-order valence-electron chi connectivity index (χ0n) is 7.38. The third-order valence-electron chi connectivity index (χ3n) is 2.04. The van der Waals surface area contributed by atoms with Crippen LogP contribution in [-0.2, 0) is 13.6 Å². The second-order valence-corrected chi connectivity index (χ2v) is 4.33. The summed E-state index contributed by atoms with van der Waals surface area (Å²) in [7, 11) is 1.92. The molecule has 13 heavy (non-hydrogen) atoms. The van der Waals surface area contributed by atoms with E-state index in [1.165, 1.54) is 0 Å². The van der Waals surface area contributed by atoms with E-state index >= 15 is 0 Å². The summed E-state index contributed by atoms with van der Waals surface area (Å²) in [6, 6.07) is 0.